The Balaban J connectivity index is 0. The second-order valence-electron chi connectivity index (χ2n) is 8.28. The normalized spacial score (nSPS) is 13.9. The van der Waals surface area contributed by atoms with Crippen molar-refractivity contribution in [1.29, 1.82) is 0 Å². The van der Waals surface area contributed by atoms with Gasteiger partial charge in [-0.1, -0.05) is 103 Å². The summed E-state index contributed by atoms with van der Waals surface area (Å²) in [6.07, 6.45) is 19.6. The molecule has 6 heteroatoms. The summed E-state index contributed by atoms with van der Waals surface area (Å²) in [7, 11) is -4.24. The van der Waals surface area contributed by atoms with Crippen LogP contribution in [-0.4, -0.2) is 29.4 Å². The number of unbranched alkanes of at least 4 members (excludes halogenated alkanes) is 14. The topological polar surface area (TPSA) is 77.4 Å². The SMILES string of the molecule is CCCCCCCCCCCCCCCCCC(CCC(C)O)S(=O)(=O)[O-].[K+]. The summed E-state index contributed by atoms with van der Waals surface area (Å²) in [5, 5.41) is 8.45. The molecule has 0 radical (unpaired) electrons. The van der Waals surface area contributed by atoms with E-state index in [1.807, 2.05) is 0 Å². The zero-order valence-corrected chi connectivity index (χ0v) is 22.9. The molecule has 0 amide bonds. The van der Waals surface area contributed by atoms with Crippen LogP contribution < -0.4 is 51.4 Å². The number of hydrogen-bond donors (Lipinski definition) is 1. The zero-order chi connectivity index (χ0) is 20.4. The van der Waals surface area contributed by atoms with E-state index in [1.54, 1.807) is 6.92 Å². The fraction of sp³-hybridized carbons (Fsp3) is 1.00. The van der Waals surface area contributed by atoms with Crippen molar-refractivity contribution in [2.75, 3.05) is 0 Å². The summed E-state index contributed by atoms with van der Waals surface area (Å²) in [5.41, 5.74) is 0. The van der Waals surface area contributed by atoms with E-state index < -0.39 is 21.5 Å². The van der Waals surface area contributed by atoms with Gasteiger partial charge in [0.05, 0.1) is 16.2 Å². The van der Waals surface area contributed by atoms with E-state index >= 15 is 0 Å². The third kappa shape index (κ3) is 22.2. The molecule has 0 aromatic carbocycles. The molecule has 0 saturated carbocycles. The Kier molecular flexibility index (Phi) is 24.6. The molecular formula is C22H45KO4S. The van der Waals surface area contributed by atoms with Crippen LogP contribution in [0.1, 0.15) is 129 Å². The number of rotatable bonds is 20. The fourth-order valence-electron chi connectivity index (χ4n) is 3.60. The molecule has 0 saturated heterocycles. The van der Waals surface area contributed by atoms with E-state index in [0.29, 0.717) is 12.8 Å². The quantitative estimate of drug-likeness (QED) is 0.177. The molecule has 0 rings (SSSR count). The Morgan fingerprint density at radius 1 is 0.679 bits per heavy atom. The minimum Gasteiger partial charge on any atom is -0.748 e. The molecule has 0 aliphatic rings. The van der Waals surface area contributed by atoms with Gasteiger partial charge in [0, 0.05) is 5.25 Å². The van der Waals surface area contributed by atoms with Crippen LogP contribution in [0.25, 0.3) is 0 Å². The predicted molar refractivity (Wildman–Crippen MR) is 114 cm³/mol. The largest absolute Gasteiger partial charge is 1.00 e. The predicted octanol–water partition coefficient (Wildman–Crippen LogP) is 3.33. The van der Waals surface area contributed by atoms with Crippen LogP contribution in [0.2, 0.25) is 0 Å². The van der Waals surface area contributed by atoms with Gasteiger partial charge in [-0.2, -0.15) is 0 Å². The summed E-state index contributed by atoms with van der Waals surface area (Å²) in [5.74, 6) is 0. The Labute approximate surface area is 218 Å². The number of hydrogen-bond acceptors (Lipinski definition) is 4. The molecule has 4 nitrogen and oxygen atoms in total. The molecule has 28 heavy (non-hydrogen) atoms. The van der Waals surface area contributed by atoms with Crippen LogP contribution in [0, 0.1) is 0 Å². The molecular weight excluding hydrogens is 399 g/mol. The maximum atomic E-state index is 11.3. The van der Waals surface area contributed by atoms with Gasteiger partial charge in [-0.25, -0.2) is 8.42 Å². The summed E-state index contributed by atoms with van der Waals surface area (Å²) in [6, 6.07) is 0. The van der Waals surface area contributed by atoms with Crippen LogP contribution in [0.4, 0.5) is 0 Å². The third-order valence-corrected chi connectivity index (χ3v) is 6.73. The van der Waals surface area contributed by atoms with Crippen LogP contribution in [0.5, 0.6) is 0 Å². The second-order valence-corrected chi connectivity index (χ2v) is 9.93. The van der Waals surface area contributed by atoms with Crippen LogP contribution in [-0.2, 0) is 10.1 Å². The first-order valence-electron chi connectivity index (χ1n) is 11.5. The average molecular weight is 445 g/mol. The van der Waals surface area contributed by atoms with Crippen LogP contribution >= 0.6 is 0 Å². The first-order chi connectivity index (χ1) is 12.9. The Bertz CT molecular complexity index is 413. The first-order valence-corrected chi connectivity index (χ1v) is 13.0. The van der Waals surface area contributed by atoms with E-state index in [-0.39, 0.29) is 57.8 Å². The first kappa shape index (κ1) is 31.7. The van der Waals surface area contributed by atoms with Gasteiger partial charge in [-0.3, -0.25) is 0 Å². The van der Waals surface area contributed by atoms with Crippen molar-refractivity contribution in [2.24, 2.45) is 0 Å². The van der Waals surface area contributed by atoms with Crippen molar-refractivity contribution in [3.63, 3.8) is 0 Å². The van der Waals surface area contributed by atoms with E-state index in [0.717, 1.165) is 19.3 Å². The van der Waals surface area contributed by atoms with Crippen molar-refractivity contribution in [3.05, 3.63) is 0 Å². The van der Waals surface area contributed by atoms with Gasteiger partial charge in [-0.05, 0) is 26.2 Å². The van der Waals surface area contributed by atoms with Gasteiger partial charge in [-0.15, -0.1) is 0 Å². The molecule has 164 valence electrons. The molecule has 0 aromatic heterocycles. The number of aliphatic hydroxyl groups is 1. The van der Waals surface area contributed by atoms with Crippen LogP contribution in [0.15, 0.2) is 0 Å². The summed E-state index contributed by atoms with van der Waals surface area (Å²) >= 11 is 0. The van der Waals surface area contributed by atoms with E-state index in [2.05, 4.69) is 6.92 Å². The Morgan fingerprint density at radius 2 is 1.04 bits per heavy atom. The van der Waals surface area contributed by atoms with Crippen molar-refractivity contribution in [1.82, 2.24) is 0 Å². The summed E-state index contributed by atoms with van der Waals surface area (Å²) < 4.78 is 33.9. The Hall–Kier alpha value is 1.51. The maximum Gasteiger partial charge on any atom is 1.00 e. The van der Waals surface area contributed by atoms with Gasteiger partial charge < -0.3 is 9.66 Å². The molecule has 2 atom stereocenters. The third-order valence-electron chi connectivity index (χ3n) is 5.44. The molecule has 2 unspecified atom stereocenters. The average Bonchev–Trinajstić information content (AvgIpc) is 2.59. The van der Waals surface area contributed by atoms with Gasteiger partial charge in [0.25, 0.3) is 0 Å². The molecule has 1 N–H and O–H groups in total. The van der Waals surface area contributed by atoms with E-state index in [1.165, 1.54) is 77.0 Å². The van der Waals surface area contributed by atoms with E-state index in [4.69, 9.17) is 0 Å². The minimum absolute atomic E-state index is 0. The van der Waals surface area contributed by atoms with Crippen LogP contribution in [0.3, 0.4) is 0 Å². The Morgan fingerprint density at radius 3 is 1.36 bits per heavy atom. The van der Waals surface area contributed by atoms with Gasteiger partial charge in [0.15, 0.2) is 0 Å². The van der Waals surface area contributed by atoms with Crippen molar-refractivity contribution >= 4 is 10.1 Å². The monoisotopic (exact) mass is 444 g/mol. The standard InChI is InChI=1S/C22H46O4S.K/c1-3-4-5-6-7-8-9-10-11-12-13-14-15-16-17-18-22(27(24,25)26)20-19-21(2)23;/h21-23H,3-20H2,1-2H3,(H,24,25,26);/q;+1/p-1. The van der Waals surface area contributed by atoms with Crippen molar-refractivity contribution in [3.8, 4) is 0 Å². The second kappa shape index (κ2) is 21.7. The number of aliphatic hydroxyl groups excluding tert-OH is 1. The molecule has 0 aliphatic carbocycles. The van der Waals surface area contributed by atoms with Gasteiger partial charge in [0.1, 0.15) is 0 Å². The molecule has 0 aromatic rings. The fourth-order valence-corrected chi connectivity index (χ4v) is 4.48. The van der Waals surface area contributed by atoms with Gasteiger partial charge in [0.2, 0.25) is 0 Å². The van der Waals surface area contributed by atoms with Crippen molar-refractivity contribution in [2.45, 2.75) is 141 Å². The zero-order valence-electron chi connectivity index (χ0n) is 19.0. The molecule has 0 bridgehead atoms. The van der Waals surface area contributed by atoms with Crippen molar-refractivity contribution < 1.29 is 69.5 Å². The molecule has 0 spiro atoms. The van der Waals surface area contributed by atoms with Gasteiger partial charge >= 0.3 is 51.4 Å². The summed E-state index contributed by atoms with van der Waals surface area (Å²) in [4.78, 5) is 0. The maximum absolute atomic E-state index is 11.3. The smallest absolute Gasteiger partial charge is 0.748 e. The molecule has 0 fully saturated rings. The van der Waals surface area contributed by atoms with E-state index in [9.17, 15) is 18.1 Å². The minimum atomic E-state index is -4.24. The molecule has 0 heterocycles. The molecule has 0 aliphatic heterocycles. The summed E-state index contributed by atoms with van der Waals surface area (Å²) in [6.45, 7) is 3.88.